The zero-order chi connectivity index (χ0) is 15.6. The third-order valence-corrected chi connectivity index (χ3v) is 4.71. The molecule has 0 fully saturated rings. The summed E-state index contributed by atoms with van der Waals surface area (Å²) in [5.74, 6) is 0.319. The zero-order valence-electron chi connectivity index (χ0n) is 12.4. The van der Waals surface area contributed by atoms with E-state index in [9.17, 15) is 9.59 Å². The van der Waals surface area contributed by atoms with E-state index in [0.29, 0.717) is 17.7 Å². The van der Waals surface area contributed by atoms with Crippen molar-refractivity contribution in [1.29, 1.82) is 0 Å². The molecule has 2 rings (SSSR count). The number of halogens is 1. The molecule has 1 aliphatic carbocycles. The van der Waals surface area contributed by atoms with Crippen LogP contribution in [0.15, 0.2) is 29.3 Å². The van der Waals surface area contributed by atoms with Gasteiger partial charge in [-0.2, -0.15) is 11.8 Å². The quantitative estimate of drug-likeness (QED) is 0.630. The van der Waals surface area contributed by atoms with E-state index < -0.39 is 5.38 Å². The van der Waals surface area contributed by atoms with Crippen molar-refractivity contribution in [1.82, 2.24) is 0 Å². The van der Waals surface area contributed by atoms with Gasteiger partial charge in [0, 0.05) is 28.2 Å². The van der Waals surface area contributed by atoms with Crippen molar-refractivity contribution < 1.29 is 9.59 Å². The van der Waals surface area contributed by atoms with Crippen LogP contribution in [0.25, 0.3) is 0 Å². The van der Waals surface area contributed by atoms with Gasteiger partial charge in [0.15, 0.2) is 5.78 Å². The standard InChI is InChI=1S/C16H18ClNO2S/c1-16(2,3)21-9-8-18-13-12(17)14(19)10-6-4-5-7-11(10)15(13)20/h4-7,12H,8-9H2,1-3H3. The van der Waals surface area contributed by atoms with E-state index in [1.54, 1.807) is 36.0 Å². The van der Waals surface area contributed by atoms with Crippen molar-refractivity contribution in [3.8, 4) is 0 Å². The van der Waals surface area contributed by atoms with Crippen LogP contribution in [0, 0.1) is 0 Å². The molecule has 0 radical (unpaired) electrons. The summed E-state index contributed by atoms with van der Waals surface area (Å²) in [6.07, 6.45) is 0. The lowest BCUT2D eigenvalue weighted by atomic mass is 9.88. The number of fused-ring (bicyclic) bond motifs is 1. The molecular weight excluding hydrogens is 306 g/mol. The van der Waals surface area contributed by atoms with E-state index >= 15 is 0 Å². The van der Waals surface area contributed by atoms with E-state index in [1.807, 2.05) is 0 Å². The molecule has 0 saturated heterocycles. The molecule has 0 aromatic heterocycles. The Balaban J connectivity index is 2.18. The Hall–Kier alpha value is -1.13. The third-order valence-electron chi connectivity index (χ3n) is 3.05. The number of ketones is 2. The number of nitrogens with zero attached hydrogens (tertiary/aromatic N) is 1. The number of rotatable bonds is 3. The highest BCUT2D eigenvalue weighted by Gasteiger charge is 2.36. The fourth-order valence-corrected chi connectivity index (χ4v) is 3.16. The van der Waals surface area contributed by atoms with E-state index in [1.165, 1.54) is 0 Å². The van der Waals surface area contributed by atoms with Gasteiger partial charge in [-0.05, 0) is 0 Å². The molecule has 0 bridgehead atoms. The van der Waals surface area contributed by atoms with Crippen LogP contribution >= 0.6 is 23.4 Å². The maximum Gasteiger partial charge on any atom is 0.209 e. The van der Waals surface area contributed by atoms with Crippen molar-refractivity contribution in [2.45, 2.75) is 30.9 Å². The van der Waals surface area contributed by atoms with Gasteiger partial charge in [-0.3, -0.25) is 14.6 Å². The molecule has 0 heterocycles. The van der Waals surface area contributed by atoms with E-state index in [2.05, 4.69) is 25.8 Å². The number of benzene rings is 1. The molecule has 0 N–H and O–H groups in total. The predicted octanol–water partition coefficient (Wildman–Crippen LogP) is 3.65. The summed E-state index contributed by atoms with van der Waals surface area (Å²) in [6, 6.07) is 6.76. The molecule has 21 heavy (non-hydrogen) atoms. The summed E-state index contributed by atoms with van der Waals surface area (Å²) in [4.78, 5) is 28.9. The number of carbonyl (C=O) groups excluding carboxylic acids is 2. The molecule has 5 heteroatoms. The minimum Gasteiger partial charge on any atom is -0.292 e. The number of hydrogen-bond acceptors (Lipinski definition) is 4. The van der Waals surface area contributed by atoms with Gasteiger partial charge in [0.1, 0.15) is 11.1 Å². The van der Waals surface area contributed by atoms with Crippen molar-refractivity contribution in [2.75, 3.05) is 12.3 Å². The normalized spacial score (nSPS) is 20.8. The maximum atomic E-state index is 12.4. The van der Waals surface area contributed by atoms with Crippen LogP contribution in [0.2, 0.25) is 0 Å². The van der Waals surface area contributed by atoms with Crippen LogP contribution in [0.5, 0.6) is 0 Å². The van der Waals surface area contributed by atoms with Crippen LogP contribution in [-0.2, 0) is 0 Å². The Bertz CT molecular complexity index is 605. The van der Waals surface area contributed by atoms with Gasteiger partial charge in [0.05, 0.1) is 0 Å². The lowest BCUT2D eigenvalue weighted by Gasteiger charge is -2.20. The van der Waals surface area contributed by atoms with Crippen LogP contribution in [0.1, 0.15) is 41.5 Å². The van der Waals surface area contributed by atoms with Gasteiger partial charge in [-0.15, -0.1) is 11.6 Å². The minimum atomic E-state index is -0.966. The van der Waals surface area contributed by atoms with E-state index in [0.717, 1.165) is 5.75 Å². The first-order chi connectivity index (χ1) is 9.81. The van der Waals surface area contributed by atoms with E-state index in [-0.39, 0.29) is 22.0 Å². The highest BCUT2D eigenvalue weighted by Crippen LogP contribution is 2.25. The summed E-state index contributed by atoms with van der Waals surface area (Å²) in [5, 5.41) is -0.966. The molecule has 1 unspecified atom stereocenters. The second-order valence-electron chi connectivity index (χ2n) is 5.83. The number of aliphatic imine (C=N–C) groups is 1. The highest BCUT2D eigenvalue weighted by atomic mass is 35.5. The topological polar surface area (TPSA) is 46.5 Å². The Morgan fingerprint density at radius 1 is 1.19 bits per heavy atom. The summed E-state index contributed by atoms with van der Waals surface area (Å²) in [6.45, 7) is 6.86. The zero-order valence-corrected chi connectivity index (χ0v) is 13.9. The van der Waals surface area contributed by atoms with Gasteiger partial charge in [0.25, 0.3) is 0 Å². The van der Waals surface area contributed by atoms with Crippen molar-refractivity contribution in [3.05, 3.63) is 35.4 Å². The number of thioether (sulfide) groups is 1. The van der Waals surface area contributed by atoms with Crippen LogP contribution in [0.4, 0.5) is 0 Å². The first-order valence-electron chi connectivity index (χ1n) is 6.81. The molecule has 1 atom stereocenters. The number of Topliss-reactive ketones (excluding diaryl/α,β-unsaturated/α-hetero) is 2. The lowest BCUT2D eigenvalue weighted by molar-refractivity contribution is 0.0967. The summed E-state index contributed by atoms with van der Waals surface area (Å²) >= 11 is 7.88. The maximum absolute atomic E-state index is 12.4. The molecule has 112 valence electrons. The lowest BCUT2D eigenvalue weighted by Crippen LogP contribution is -2.38. The van der Waals surface area contributed by atoms with Gasteiger partial charge >= 0.3 is 0 Å². The molecule has 0 aliphatic heterocycles. The second kappa shape index (κ2) is 6.32. The third kappa shape index (κ3) is 3.74. The molecule has 0 saturated carbocycles. The first kappa shape index (κ1) is 16.2. The Kier molecular flexibility index (Phi) is 4.89. The number of hydrogen-bond donors (Lipinski definition) is 0. The van der Waals surface area contributed by atoms with E-state index in [4.69, 9.17) is 11.6 Å². The highest BCUT2D eigenvalue weighted by molar-refractivity contribution is 8.00. The van der Waals surface area contributed by atoms with Crippen molar-refractivity contribution in [2.24, 2.45) is 4.99 Å². The van der Waals surface area contributed by atoms with Crippen LogP contribution in [-0.4, -0.2) is 39.7 Å². The fraction of sp³-hybridized carbons (Fsp3) is 0.438. The molecule has 1 aromatic carbocycles. The minimum absolute atomic E-state index is 0.152. The molecule has 0 spiro atoms. The Morgan fingerprint density at radius 2 is 1.81 bits per heavy atom. The first-order valence-corrected chi connectivity index (χ1v) is 8.24. The predicted molar refractivity (Wildman–Crippen MR) is 89.3 cm³/mol. The van der Waals surface area contributed by atoms with Crippen molar-refractivity contribution >= 4 is 40.6 Å². The molecular formula is C16H18ClNO2S. The van der Waals surface area contributed by atoms with Crippen molar-refractivity contribution in [3.63, 3.8) is 0 Å². The largest absolute Gasteiger partial charge is 0.292 e. The van der Waals surface area contributed by atoms with Crippen LogP contribution < -0.4 is 0 Å². The van der Waals surface area contributed by atoms with Gasteiger partial charge in [-0.25, -0.2) is 0 Å². The molecule has 1 aliphatic rings. The SMILES string of the molecule is CC(C)(C)SCCN=C1C(=O)c2ccccc2C(=O)C1Cl. The fourth-order valence-electron chi connectivity index (χ4n) is 2.08. The monoisotopic (exact) mass is 323 g/mol. The summed E-state index contributed by atoms with van der Waals surface area (Å²) in [7, 11) is 0. The van der Waals surface area contributed by atoms with Gasteiger partial charge in [0.2, 0.25) is 5.78 Å². The smallest absolute Gasteiger partial charge is 0.209 e. The summed E-state index contributed by atoms with van der Waals surface area (Å²) in [5.41, 5.74) is 0.974. The Labute approximate surface area is 134 Å². The second-order valence-corrected chi connectivity index (χ2v) is 8.19. The van der Waals surface area contributed by atoms with Gasteiger partial charge in [-0.1, -0.05) is 45.0 Å². The average Bonchev–Trinajstić information content (AvgIpc) is 2.43. The van der Waals surface area contributed by atoms with Crippen LogP contribution in [0.3, 0.4) is 0 Å². The Morgan fingerprint density at radius 3 is 2.43 bits per heavy atom. The molecule has 3 nitrogen and oxygen atoms in total. The average molecular weight is 324 g/mol. The number of carbonyl (C=O) groups is 2. The summed E-state index contributed by atoms with van der Waals surface area (Å²) < 4.78 is 0.152. The number of alkyl halides is 1. The molecule has 1 aromatic rings. The molecule has 0 amide bonds. The van der Waals surface area contributed by atoms with Gasteiger partial charge < -0.3 is 0 Å².